The lowest BCUT2D eigenvalue weighted by Crippen LogP contribution is -2.33. The summed E-state index contributed by atoms with van der Waals surface area (Å²) in [5.74, 6) is 1.39. The van der Waals surface area contributed by atoms with Gasteiger partial charge in [0.2, 0.25) is 5.91 Å². The molecular weight excluding hydrogens is 474 g/mol. The van der Waals surface area contributed by atoms with Gasteiger partial charge in [-0.25, -0.2) is 4.52 Å². The normalized spacial score (nSPS) is 19.2. The van der Waals surface area contributed by atoms with Gasteiger partial charge in [0.05, 0.1) is 17.3 Å². The van der Waals surface area contributed by atoms with E-state index in [4.69, 9.17) is 9.15 Å². The molecule has 2 aliphatic heterocycles. The first-order valence-electron chi connectivity index (χ1n) is 12.2. The molecule has 2 aliphatic rings. The Morgan fingerprint density at radius 3 is 2.84 bits per heavy atom. The number of carbonyl (C=O) groups is 3. The third kappa shape index (κ3) is 3.71. The molecule has 0 radical (unpaired) electrons. The van der Waals surface area contributed by atoms with Crippen LogP contribution in [-0.2, 0) is 4.79 Å². The average molecular weight is 502 g/mol. The number of furan rings is 1. The van der Waals surface area contributed by atoms with Crippen molar-refractivity contribution in [1.29, 1.82) is 0 Å². The molecule has 2 saturated heterocycles. The summed E-state index contributed by atoms with van der Waals surface area (Å²) in [5.41, 5.74) is 2.91. The maximum atomic E-state index is 13.5. The summed E-state index contributed by atoms with van der Waals surface area (Å²) in [6, 6.07) is 7.09. The van der Waals surface area contributed by atoms with Crippen LogP contribution in [0.3, 0.4) is 0 Å². The smallest absolute Gasteiger partial charge is 0.255 e. The van der Waals surface area contributed by atoms with E-state index in [1.165, 1.54) is 0 Å². The number of nitrogens with zero attached hydrogens (tertiary/aromatic N) is 3. The Hall–Kier alpha value is -4.34. The molecule has 0 aliphatic carbocycles. The monoisotopic (exact) mass is 501 g/mol. The van der Waals surface area contributed by atoms with Crippen molar-refractivity contribution in [2.45, 2.75) is 26.7 Å². The highest BCUT2D eigenvalue weighted by Crippen LogP contribution is 2.38. The van der Waals surface area contributed by atoms with E-state index in [1.54, 1.807) is 55.1 Å². The molecule has 2 fully saturated rings. The van der Waals surface area contributed by atoms with Crippen LogP contribution >= 0.6 is 0 Å². The molecule has 190 valence electrons. The van der Waals surface area contributed by atoms with Gasteiger partial charge in [-0.2, -0.15) is 5.10 Å². The van der Waals surface area contributed by atoms with Gasteiger partial charge in [-0.1, -0.05) is 0 Å². The molecule has 37 heavy (non-hydrogen) atoms. The van der Waals surface area contributed by atoms with E-state index in [2.05, 4.69) is 15.7 Å². The summed E-state index contributed by atoms with van der Waals surface area (Å²) >= 11 is 0. The van der Waals surface area contributed by atoms with Crippen LogP contribution in [-0.4, -0.2) is 58.9 Å². The minimum absolute atomic E-state index is 0.0545. The van der Waals surface area contributed by atoms with Crippen molar-refractivity contribution in [2.24, 2.45) is 5.41 Å². The van der Waals surface area contributed by atoms with Gasteiger partial charge in [0.25, 0.3) is 11.8 Å². The Labute approximate surface area is 212 Å². The van der Waals surface area contributed by atoms with Crippen LogP contribution in [0.5, 0.6) is 11.5 Å². The fourth-order valence-electron chi connectivity index (χ4n) is 5.64. The van der Waals surface area contributed by atoms with Crippen LogP contribution in [0.2, 0.25) is 0 Å². The minimum atomic E-state index is -0.207. The van der Waals surface area contributed by atoms with Crippen LogP contribution in [0.25, 0.3) is 16.5 Å². The third-order valence-electron chi connectivity index (χ3n) is 7.56. The molecule has 4 aromatic rings. The van der Waals surface area contributed by atoms with Crippen molar-refractivity contribution in [3.63, 3.8) is 0 Å². The summed E-state index contributed by atoms with van der Waals surface area (Å²) in [6.45, 7) is 5.45. The number of rotatable bonds is 4. The molecule has 1 spiro atoms. The van der Waals surface area contributed by atoms with Crippen LogP contribution in [0.1, 0.15) is 44.9 Å². The van der Waals surface area contributed by atoms with Crippen molar-refractivity contribution in [1.82, 2.24) is 25.1 Å². The molecule has 3 aromatic heterocycles. The molecule has 3 amide bonds. The second-order valence-electron chi connectivity index (χ2n) is 9.96. The number of carbonyl (C=O) groups excluding carboxylic acids is 3. The van der Waals surface area contributed by atoms with Gasteiger partial charge in [-0.15, -0.1) is 0 Å². The lowest BCUT2D eigenvalue weighted by molar-refractivity contribution is -0.119. The van der Waals surface area contributed by atoms with E-state index in [0.717, 1.165) is 12.0 Å². The summed E-state index contributed by atoms with van der Waals surface area (Å²) < 4.78 is 13.7. The number of likely N-dealkylation sites (tertiary alicyclic amines) is 1. The second-order valence-corrected chi connectivity index (χ2v) is 9.96. The first-order valence-corrected chi connectivity index (χ1v) is 12.2. The topological polar surface area (TPSA) is 118 Å². The second kappa shape index (κ2) is 8.36. The Kier molecular flexibility index (Phi) is 5.22. The molecule has 0 saturated carbocycles. The number of nitrogens with one attached hydrogen (secondary N) is 2. The number of hydrogen-bond acceptors (Lipinski definition) is 6. The van der Waals surface area contributed by atoms with E-state index in [0.29, 0.717) is 70.9 Å². The van der Waals surface area contributed by atoms with Crippen molar-refractivity contribution < 1.29 is 23.5 Å². The lowest BCUT2D eigenvalue weighted by atomic mass is 9.86. The van der Waals surface area contributed by atoms with E-state index >= 15 is 0 Å². The van der Waals surface area contributed by atoms with Crippen molar-refractivity contribution in [2.75, 3.05) is 26.7 Å². The molecule has 0 bridgehead atoms. The maximum Gasteiger partial charge on any atom is 0.255 e. The maximum absolute atomic E-state index is 13.5. The average Bonchev–Trinajstić information content (AvgIpc) is 3.63. The van der Waals surface area contributed by atoms with E-state index in [9.17, 15) is 14.4 Å². The first kappa shape index (κ1) is 23.1. The SMILES string of the molecule is CNC(=O)c1c(C)oc2cc(Oc3ccnn4cc(C(=O)N5CCC6(CNC(=O)C6)C5)c(C)c34)ccc12. The minimum Gasteiger partial charge on any atom is -0.460 e. The summed E-state index contributed by atoms with van der Waals surface area (Å²) in [5, 5.41) is 10.6. The summed E-state index contributed by atoms with van der Waals surface area (Å²) in [7, 11) is 1.58. The molecule has 2 N–H and O–H groups in total. The number of benzene rings is 1. The van der Waals surface area contributed by atoms with Crippen LogP contribution in [0, 0.1) is 19.3 Å². The highest BCUT2D eigenvalue weighted by Gasteiger charge is 2.45. The number of amides is 3. The molecule has 6 rings (SSSR count). The first-order chi connectivity index (χ1) is 17.8. The van der Waals surface area contributed by atoms with Gasteiger partial charge in [0, 0.05) is 62.2 Å². The molecule has 10 nitrogen and oxygen atoms in total. The predicted octanol–water partition coefficient (Wildman–Crippen LogP) is 3.20. The molecule has 1 unspecified atom stereocenters. The number of ether oxygens (including phenoxy) is 1. The van der Waals surface area contributed by atoms with Crippen LogP contribution in [0.4, 0.5) is 0 Å². The zero-order chi connectivity index (χ0) is 25.9. The number of hydrogen-bond donors (Lipinski definition) is 2. The Morgan fingerprint density at radius 1 is 1.24 bits per heavy atom. The van der Waals surface area contributed by atoms with Crippen LogP contribution in [0.15, 0.2) is 41.1 Å². The largest absolute Gasteiger partial charge is 0.460 e. The standard InChI is InChI=1S/C27H27N5O5/c1-15-19(26(35)31-9-7-27(14-31)11-22(33)29-13-27)12-32-24(15)20(6-8-30-32)37-17-4-5-18-21(10-17)36-16(2)23(18)25(34)28-3/h4-6,8,10,12H,7,9,11,13-14H2,1-3H3,(H,28,34)(H,29,33). The predicted molar refractivity (Wildman–Crippen MR) is 135 cm³/mol. The number of fused-ring (bicyclic) bond motifs is 2. The van der Waals surface area contributed by atoms with E-state index < -0.39 is 0 Å². The Balaban J connectivity index is 1.30. The molecule has 5 heterocycles. The number of aromatic nitrogens is 2. The summed E-state index contributed by atoms with van der Waals surface area (Å²) in [6.07, 6.45) is 4.64. The van der Waals surface area contributed by atoms with Crippen molar-refractivity contribution in [3.8, 4) is 11.5 Å². The fourth-order valence-corrected chi connectivity index (χ4v) is 5.64. The summed E-state index contributed by atoms with van der Waals surface area (Å²) in [4.78, 5) is 39.3. The zero-order valence-corrected chi connectivity index (χ0v) is 20.9. The van der Waals surface area contributed by atoms with Gasteiger partial charge in [0.1, 0.15) is 22.6 Å². The van der Waals surface area contributed by atoms with Gasteiger partial charge in [-0.3, -0.25) is 14.4 Å². The number of aryl methyl sites for hydroxylation is 2. The lowest BCUT2D eigenvalue weighted by Gasteiger charge is -2.21. The highest BCUT2D eigenvalue weighted by molar-refractivity contribution is 6.07. The Bertz CT molecular complexity index is 1600. The quantitative estimate of drug-likeness (QED) is 0.443. The molecule has 10 heteroatoms. The van der Waals surface area contributed by atoms with Crippen LogP contribution < -0.4 is 15.4 Å². The Morgan fingerprint density at radius 2 is 2.08 bits per heavy atom. The van der Waals surface area contributed by atoms with Gasteiger partial charge < -0.3 is 24.7 Å². The van der Waals surface area contributed by atoms with Crippen molar-refractivity contribution >= 4 is 34.2 Å². The van der Waals surface area contributed by atoms with E-state index in [1.807, 2.05) is 11.8 Å². The third-order valence-corrected chi connectivity index (χ3v) is 7.56. The molecular formula is C27H27N5O5. The molecule has 1 atom stereocenters. The zero-order valence-electron chi connectivity index (χ0n) is 20.9. The van der Waals surface area contributed by atoms with Gasteiger partial charge in [-0.05, 0) is 38.0 Å². The van der Waals surface area contributed by atoms with Crippen molar-refractivity contribution in [3.05, 3.63) is 59.1 Å². The molecule has 1 aromatic carbocycles. The van der Waals surface area contributed by atoms with Gasteiger partial charge >= 0.3 is 0 Å². The van der Waals surface area contributed by atoms with Gasteiger partial charge in [0.15, 0.2) is 5.75 Å². The highest BCUT2D eigenvalue weighted by atomic mass is 16.5. The fraction of sp³-hybridized carbons (Fsp3) is 0.333. The van der Waals surface area contributed by atoms with E-state index in [-0.39, 0.29) is 23.1 Å².